The van der Waals surface area contributed by atoms with Crippen molar-refractivity contribution < 1.29 is 0 Å². The van der Waals surface area contributed by atoms with E-state index in [-0.39, 0.29) is 0 Å². The molecule has 10 rings (SSSR count). The van der Waals surface area contributed by atoms with Gasteiger partial charge in [0.25, 0.3) is 0 Å². The Kier molecular flexibility index (Phi) is 7.15. The summed E-state index contributed by atoms with van der Waals surface area (Å²) < 4.78 is 0. The van der Waals surface area contributed by atoms with Gasteiger partial charge in [0.2, 0.25) is 0 Å². The molecule has 0 atom stereocenters. The number of rotatable bonds is 7. The molecular weight excluding hydrogens is 569 g/mol. The highest BCUT2D eigenvalue weighted by atomic mass is 15.2. The van der Waals surface area contributed by atoms with Gasteiger partial charge >= 0.3 is 0 Å². The molecule has 2 saturated carbocycles. The molecule has 0 unspecified atom stereocenters. The first-order valence-electron chi connectivity index (χ1n) is 17.4. The summed E-state index contributed by atoms with van der Waals surface area (Å²) in [6.07, 6.45) is 6.83. The molecule has 0 spiro atoms. The molecule has 0 N–H and O–H groups in total. The molecule has 0 radical (unpaired) electrons. The van der Waals surface area contributed by atoms with Crippen LogP contribution in [0.4, 0.5) is 22.7 Å². The standard InChI is InChI=1S/C45H40N2/c1-4-10-34(11-5-1)36-16-20-39(21-17-36)46(40-22-18-37(19-23-40)35-12-6-2-7-13-35)41-24-25-44(38-14-8-3-9-15-38)45(31-41)47-42-27-32-26-33(29-42)30-43(47)28-32/h1-25,31-33,42-43H,26-30H2. The molecule has 6 aromatic carbocycles. The maximum absolute atomic E-state index is 2.85. The first-order chi connectivity index (χ1) is 23.3. The summed E-state index contributed by atoms with van der Waals surface area (Å²) in [6, 6.07) is 59.0. The Balaban J connectivity index is 1.17. The largest absolute Gasteiger partial charge is 0.365 e. The van der Waals surface area contributed by atoms with Crippen LogP contribution in [0.1, 0.15) is 32.1 Å². The van der Waals surface area contributed by atoms with E-state index in [1.807, 2.05) is 0 Å². The van der Waals surface area contributed by atoms with Crippen molar-refractivity contribution in [3.8, 4) is 33.4 Å². The summed E-state index contributed by atoms with van der Waals surface area (Å²) >= 11 is 0. The number of anilines is 4. The monoisotopic (exact) mass is 608 g/mol. The lowest BCUT2D eigenvalue weighted by Gasteiger charge is -2.58. The van der Waals surface area contributed by atoms with Crippen LogP contribution in [0.2, 0.25) is 0 Å². The van der Waals surface area contributed by atoms with Crippen molar-refractivity contribution in [3.63, 3.8) is 0 Å². The number of benzene rings is 6. The molecule has 2 heteroatoms. The molecule has 0 aromatic heterocycles. The van der Waals surface area contributed by atoms with Gasteiger partial charge in [0.05, 0.1) is 0 Å². The third kappa shape index (κ3) is 5.32. The van der Waals surface area contributed by atoms with Crippen LogP contribution >= 0.6 is 0 Å². The molecule has 2 aliphatic carbocycles. The highest BCUT2D eigenvalue weighted by Crippen LogP contribution is 2.53. The molecular formula is C45H40N2. The lowest BCUT2D eigenvalue weighted by atomic mass is 9.63. The third-order valence-corrected chi connectivity index (χ3v) is 10.9. The molecule has 0 amide bonds. The Hall–Kier alpha value is -5.08. The number of hydrogen-bond acceptors (Lipinski definition) is 2. The summed E-state index contributed by atoms with van der Waals surface area (Å²) in [7, 11) is 0. The van der Waals surface area contributed by atoms with Crippen molar-refractivity contribution in [1.82, 2.24) is 0 Å². The van der Waals surface area contributed by atoms with Crippen molar-refractivity contribution in [2.45, 2.75) is 44.2 Å². The van der Waals surface area contributed by atoms with E-state index < -0.39 is 0 Å². The fourth-order valence-electron chi connectivity index (χ4n) is 8.97. The predicted molar refractivity (Wildman–Crippen MR) is 198 cm³/mol. The van der Waals surface area contributed by atoms with Crippen molar-refractivity contribution in [2.24, 2.45) is 11.8 Å². The van der Waals surface area contributed by atoms with Gasteiger partial charge in [0.15, 0.2) is 0 Å². The summed E-state index contributed by atoms with van der Waals surface area (Å²) in [6.45, 7) is 0. The van der Waals surface area contributed by atoms with Crippen molar-refractivity contribution in [2.75, 3.05) is 9.80 Å². The molecule has 6 aromatic rings. The molecule has 47 heavy (non-hydrogen) atoms. The fourth-order valence-corrected chi connectivity index (χ4v) is 8.97. The second-order valence-electron chi connectivity index (χ2n) is 13.9. The highest BCUT2D eigenvalue weighted by molar-refractivity contribution is 5.87. The Morgan fingerprint density at radius 3 is 1.26 bits per heavy atom. The number of piperidine rings is 2. The fraction of sp³-hybridized carbons (Fsp3) is 0.200. The smallest absolute Gasteiger partial charge is 0.0482 e. The number of nitrogens with zero attached hydrogens (tertiary/aromatic N) is 2. The van der Waals surface area contributed by atoms with Gasteiger partial charge in [-0.1, -0.05) is 121 Å². The predicted octanol–water partition coefficient (Wildman–Crippen LogP) is 11.9. The lowest BCUT2D eigenvalue weighted by Crippen LogP contribution is -2.58. The van der Waals surface area contributed by atoms with Crippen LogP contribution in [0, 0.1) is 11.8 Å². The molecule has 2 heterocycles. The van der Waals surface area contributed by atoms with Crippen molar-refractivity contribution in [3.05, 3.63) is 158 Å². The van der Waals surface area contributed by atoms with Crippen LogP contribution in [0.25, 0.3) is 33.4 Å². The first kappa shape index (κ1) is 28.2. The van der Waals surface area contributed by atoms with Gasteiger partial charge < -0.3 is 9.80 Å². The average molecular weight is 609 g/mol. The summed E-state index contributed by atoms with van der Waals surface area (Å²) in [5.41, 5.74) is 12.5. The van der Waals surface area contributed by atoms with Crippen LogP contribution in [0.15, 0.2) is 158 Å². The Morgan fingerprint density at radius 1 is 0.383 bits per heavy atom. The van der Waals surface area contributed by atoms with Crippen LogP contribution in [-0.2, 0) is 0 Å². The van der Waals surface area contributed by atoms with Gasteiger partial charge in [0, 0.05) is 40.4 Å². The van der Waals surface area contributed by atoms with E-state index in [4.69, 9.17) is 0 Å². The van der Waals surface area contributed by atoms with Gasteiger partial charge in [-0.2, -0.15) is 0 Å². The molecule has 4 aliphatic rings. The zero-order valence-corrected chi connectivity index (χ0v) is 26.8. The van der Waals surface area contributed by atoms with Crippen LogP contribution in [0.5, 0.6) is 0 Å². The van der Waals surface area contributed by atoms with E-state index >= 15 is 0 Å². The Morgan fingerprint density at radius 2 is 0.787 bits per heavy atom. The quantitative estimate of drug-likeness (QED) is 0.178. The minimum atomic E-state index is 0.646. The molecule has 4 bridgehead atoms. The van der Waals surface area contributed by atoms with Gasteiger partial charge in [-0.3, -0.25) is 0 Å². The normalized spacial score (nSPS) is 21.1. The minimum Gasteiger partial charge on any atom is -0.365 e. The van der Waals surface area contributed by atoms with Crippen molar-refractivity contribution in [1.29, 1.82) is 0 Å². The first-order valence-corrected chi connectivity index (χ1v) is 17.4. The van der Waals surface area contributed by atoms with E-state index in [1.54, 1.807) is 0 Å². The zero-order valence-electron chi connectivity index (χ0n) is 26.8. The highest BCUT2D eigenvalue weighted by Gasteiger charge is 2.47. The molecule has 4 fully saturated rings. The van der Waals surface area contributed by atoms with E-state index in [0.717, 1.165) is 23.2 Å². The molecule has 2 saturated heterocycles. The average Bonchev–Trinajstić information content (AvgIpc) is 3.13. The lowest BCUT2D eigenvalue weighted by molar-refractivity contribution is 0.0901. The number of hydrogen-bond donors (Lipinski definition) is 0. The summed E-state index contributed by atoms with van der Waals surface area (Å²) in [4.78, 5) is 5.30. The SMILES string of the molecule is c1ccc(-c2ccc(N(c3ccc(-c4ccccc4)cc3)c3ccc(-c4ccccc4)c(N4C5CC6CC(C5)CC4C6)c3)cc2)cc1. The molecule has 230 valence electrons. The zero-order chi connectivity index (χ0) is 31.2. The minimum absolute atomic E-state index is 0.646. The molecule has 2 aliphatic heterocycles. The molecule has 2 nitrogen and oxygen atoms in total. The van der Waals surface area contributed by atoms with Gasteiger partial charge in [0.1, 0.15) is 0 Å². The van der Waals surface area contributed by atoms with E-state index in [0.29, 0.717) is 12.1 Å². The second kappa shape index (κ2) is 11.9. The van der Waals surface area contributed by atoms with Crippen LogP contribution in [0.3, 0.4) is 0 Å². The second-order valence-corrected chi connectivity index (χ2v) is 13.9. The topological polar surface area (TPSA) is 6.48 Å². The summed E-state index contributed by atoms with van der Waals surface area (Å²) in [5, 5.41) is 0. The maximum atomic E-state index is 2.85. The van der Waals surface area contributed by atoms with E-state index in [9.17, 15) is 0 Å². The van der Waals surface area contributed by atoms with Crippen LogP contribution in [-0.4, -0.2) is 12.1 Å². The maximum Gasteiger partial charge on any atom is 0.0482 e. The van der Waals surface area contributed by atoms with E-state index in [2.05, 4.69) is 168 Å². The van der Waals surface area contributed by atoms with Gasteiger partial charge in [-0.25, -0.2) is 0 Å². The van der Waals surface area contributed by atoms with Crippen LogP contribution < -0.4 is 9.80 Å². The van der Waals surface area contributed by atoms with Gasteiger partial charge in [-0.15, -0.1) is 0 Å². The summed E-state index contributed by atoms with van der Waals surface area (Å²) in [5.74, 6) is 1.83. The van der Waals surface area contributed by atoms with Gasteiger partial charge in [-0.05, 0) is 108 Å². The third-order valence-electron chi connectivity index (χ3n) is 10.9. The Labute approximate surface area is 279 Å². The van der Waals surface area contributed by atoms with E-state index in [1.165, 1.54) is 76.9 Å². The van der Waals surface area contributed by atoms with Crippen molar-refractivity contribution >= 4 is 22.7 Å². The Bertz CT molecular complexity index is 1850.